The number of rotatable bonds is 8. The molecule has 1 spiro atoms. The molecule has 3 amide bonds. The standard InChI is InChI=1S/C44H59FN4O9S/c1-26(2)36-37-35(30-20-29(56-7)15-16-32(30)46-36)31(45)22-43(58-37)23-33-38(51)47-44(40(53)48-59(54,55)42(6)17-18-42)21-28(44)14-12-10-8-9-11-13-27(39(52)49(33)24-43)19-34(50)57-25-41(3,4)5/h12,14-16,20,26-28,31,33H,8-11,13,17-19,21-25H2,1-7H3,(H,47,51)(H,48,53)/b14-12-/t27-,28-,31-,33+,43-,44-/m1/s1. The van der Waals surface area contributed by atoms with E-state index >= 15 is 4.39 Å². The molecule has 13 nitrogen and oxygen atoms in total. The third-order valence-electron chi connectivity index (χ3n) is 12.7. The highest BCUT2D eigenvalue weighted by atomic mass is 32.2. The van der Waals surface area contributed by atoms with Crippen LogP contribution in [0.2, 0.25) is 0 Å². The zero-order valence-corrected chi connectivity index (χ0v) is 36.1. The minimum Gasteiger partial charge on any atom is -0.497 e. The lowest BCUT2D eigenvalue weighted by atomic mass is 9.85. The van der Waals surface area contributed by atoms with Crippen molar-refractivity contribution >= 4 is 44.6 Å². The van der Waals surface area contributed by atoms with Crippen LogP contribution < -0.4 is 19.5 Å². The lowest BCUT2D eigenvalue weighted by Gasteiger charge is -2.39. The largest absolute Gasteiger partial charge is 0.497 e. The van der Waals surface area contributed by atoms with Gasteiger partial charge in [0, 0.05) is 35.6 Å². The van der Waals surface area contributed by atoms with E-state index in [0.29, 0.717) is 60.0 Å². The van der Waals surface area contributed by atoms with E-state index in [0.717, 1.165) is 12.8 Å². The van der Waals surface area contributed by atoms with Gasteiger partial charge in [-0.2, -0.15) is 0 Å². The molecule has 59 heavy (non-hydrogen) atoms. The van der Waals surface area contributed by atoms with Gasteiger partial charge in [-0.1, -0.05) is 59.6 Å². The van der Waals surface area contributed by atoms with Gasteiger partial charge in [-0.25, -0.2) is 17.8 Å². The maximum Gasteiger partial charge on any atom is 0.306 e. The Bertz CT molecular complexity index is 2170. The van der Waals surface area contributed by atoms with Crippen molar-refractivity contribution in [1.82, 2.24) is 19.9 Å². The molecule has 2 N–H and O–H groups in total. The molecule has 3 aliphatic heterocycles. The van der Waals surface area contributed by atoms with Crippen LogP contribution in [0.1, 0.15) is 136 Å². The number of sulfonamides is 1. The molecule has 0 radical (unpaired) electrons. The van der Waals surface area contributed by atoms with Crippen LogP contribution in [-0.2, 0) is 33.9 Å². The summed E-state index contributed by atoms with van der Waals surface area (Å²) in [5.74, 6) is -3.22. The fourth-order valence-electron chi connectivity index (χ4n) is 8.79. The van der Waals surface area contributed by atoms with Crippen LogP contribution >= 0.6 is 0 Å². The fraction of sp³-hybridized carbons (Fsp3) is 0.659. The molecule has 5 aliphatic rings. The van der Waals surface area contributed by atoms with Crippen molar-refractivity contribution in [3.8, 4) is 11.5 Å². The van der Waals surface area contributed by atoms with E-state index in [1.807, 2.05) is 46.8 Å². The number of pyridine rings is 1. The van der Waals surface area contributed by atoms with E-state index < -0.39 is 73.7 Å². The van der Waals surface area contributed by atoms with Crippen LogP contribution in [0.5, 0.6) is 11.5 Å². The second-order valence-electron chi connectivity index (χ2n) is 19.3. The molecule has 2 saturated carbocycles. The predicted octanol–water partition coefficient (Wildman–Crippen LogP) is 6.49. The zero-order chi connectivity index (χ0) is 42.7. The quantitative estimate of drug-likeness (QED) is 0.221. The molecular weight excluding hydrogens is 780 g/mol. The normalized spacial score (nSPS) is 29.9. The van der Waals surface area contributed by atoms with Gasteiger partial charge < -0.3 is 24.4 Å². The molecular formula is C44H59FN4O9S. The molecule has 6 atom stereocenters. The summed E-state index contributed by atoms with van der Waals surface area (Å²) in [6, 6.07) is 4.04. The number of carbonyl (C=O) groups is 4. The molecule has 1 aromatic heterocycles. The number of alkyl halides is 1. The number of carbonyl (C=O) groups excluding carboxylic acids is 4. The van der Waals surface area contributed by atoms with Crippen LogP contribution in [0, 0.1) is 17.3 Å². The third-order valence-corrected chi connectivity index (χ3v) is 14.9. The Labute approximate surface area is 346 Å². The van der Waals surface area contributed by atoms with Crippen LogP contribution in [0.15, 0.2) is 30.4 Å². The molecule has 15 heteroatoms. The molecule has 0 bridgehead atoms. The van der Waals surface area contributed by atoms with Crippen LogP contribution in [0.4, 0.5) is 4.39 Å². The molecule has 4 heterocycles. The summed E-state index contributed by atoms with van der Waals surface area (Å²) < 4.78 is 62.8. The maximum atomic E-state index is 17.1. The fourth-order valence-corrected chi connectivity index (χ4v) is 10.1. The van der Waals surface area contributed by atoms with Gasteiger partial charge in [0.25, 0.3) is 5.91 Å². The highest BCUT2D eigenvalue weighted by Gasteiger charge is 2.64. The summed E-state index contributed by atoms with van der Waals surface area (Å²) in [4.78, 5) is 63.3. The summed E-state index contributed by atoms with van der Waals surface area (Å²) in [7, 11) is -2.51. The number of nitrogens with zero attached hydrogens (tertiary/aromatic N) is 2. The lowest BCUT2D eigenvalue weighted by molar-refractivity contribution is -0.152. The number of hydrogen-bond donors (Lipinski definition) is 2. The Balaban J connectivity index is 1.27. The summed E-state index contributed by atoms with van der Waals surface area (Å²) >= 11 is 0. The lowest BCUT2D eigenvalue weighted by Crippen LogP contribution is -2.57. The Kier molecular flexibility index (Phi) is 11.4. The summed E-state index contributed by atoms with van der Waals surface area (Å²) in [5, 5.41) is 3.45. The summed E-state index contributed by atoms with van der Waals surface area (Å²) in [6.07, 6.45) is 5.93. The first kappa shape index (κ1) is 42.8. The Hall–Kier alpha value is -4.27. The average molecular weight is 839 g/mol. The molecule has 3 fully saturated rings. The number of halogens is 1. The van der Waals surface area contributed by atoms with Crippen molar-refractivity contribution in [1.29, 1.82) is 0 Å². The van der Waals surface area contributed by atoms with Gasteiger partial charge in [-0.3, -0.25) is 23.9 Å². The molecule has 322 valence electrons. The van der Waals surface area contributed by atoms with E-state index in [-0.39, 0.29) is 55.9 Å². The monoisotopic (exact) mass is 838 g/mol. The van der Waals surface area contributed by atoms with Crippen molar-refractivity contribution in [3.05, 3.63) is 41.6 Å². The van der Waals surface area contributed by atoms with Gasteiger partial charge in [-0.05, 0) is 75.0 Å². The highest BCUT2D eigenvalue weighted by Crippen LogP contribution is 2.53. The minimum atomic E-state index is -4.04. The number of aromatic nitrogens is 1. The second kappa shape index (κ2) is 15.6. The van der Waals surface area contributed by atoms with E-state index in [1.54, 1.807) is 25.1 Å². The summed E-state index contributed by atoms with van der Waals surface area (Å²) in [5.41, 5.74) is -1.81. The van der Waals surface area contributed by atoms with Gasteiger partial charge in [0.15, 0.2) is 0 Å². The first-order chi connectivity index (χ1) is 27.7. The predicted molar refractivity (Wildman–Crippen MR) is 219 cm³/mol. The Morgan fingerprint density at radius 3 is 2.54 bits per heavy atom. The number of benzene rings is 1. The number of amides is 3. The highest BCUT2D eigenvalue weighted by molar-refractivity contribution is 7.91. The molecule has 1 saturated heterocycles. The van der Waals surface area contributed by atoms with E-state index in [4.69, 9.17) is 19.2 Å². The first-order valence-electron chi connectivity index (χ1n) is 21.1. The van der Waals surface area contributed by atoms with Crippen molar-refractivity contribution < 1.29 is 46.2 Å². The molecule has 2 aliphatic carbocycles. The van der Waals surface area contributed by atoms with E-state index in [9.17, 15) is 27.6 Å². The number of allylic oxidation sites excluding steroid dienone is 1. The third kappa shape index (κ3) is 8.54. The van der Waals surface area contributed by atoms with Gasteiger partial charge in [0.1, 0.15) is 34.9 Å². The van der Waals surface area contributed by atoms with Gasteiger partial charge in [0.2, 0.25) is 21.8 Å². The smallest absolute Gasteiger partial charge is 0.306 e. The molecule has 0 unspecified atom stereocenters. The number of nitrogens with one attached hydrogen (secondary N) is 2. The molecule has 2 aromatic rings. The Morgan fingerprint density at radius 1 is 1.12 bits per heavy atom. The first-order valence-corrected chi connectivity index (χ1v) is 22.5. The molecule has 1 aromatic carbocycles. The van der Waals surface area contributed by atoms with Gasteiger partial charge in [-0.15, -0.1) is 0 Å². The zero-order valence-electron chi connectivity index (χ0n) is 35.3. The maximum absolute atomic E-state index is 17.1. The SMILES string of the molecule is COc1ccc2nc(C(C)C)c3c(c2c1)[C@H](F)C[C@]1(C[C@H]2C(=O)N[C@]4(C(=O)NS(=O)(=O)C5(C)CC5)C[C@H]4/C=C\CCCCC[C@H](CC(=O)OCC(C)(C)C)C(=O)N2C1)O3. The Morgan fingerprint density at radius 2 is 1.86 bits per heavy atom. The van der Waals surface area contributed by atoms with Crippen molar-refractivity contribution in [3.63, 3.8) is 0 Å². The number of hydrogen-bond acceptors (Lipinski definition) is 10. The van der Waals surface area contributed by atoms with Crippen LogP contribution in [0.3, 0.4) is 0 Å². The van der Waals surface area contributed by atoms with E-state index in [1.165, 1.54) is 12.0 Å². The van der Waals surface area contributed by atoms with Crippen LogP contribution in [0.25, 0.3) is 10.9 Å². The average Bonchev–Trinajstić information content (AvgIpc) is 4.06. The van der Waals surface area contributed by atoms with Gasteiger partial charge >= 0.3 is 5.97 Å². The van der Waals surface area contributed by atoms with Crippen molar-refractivity contribution in [2.45, 2.75) is 146 Å². The number of ether oxygens (including phenoxy) is 3. The number of esters is 1. The topological polar surface area (TPSA) is 170 Å². The molecule has 7 rings (SSSR count). The number of methoxy groups -OCH3 is 1. The van der Waals surface area contributed by atoms with Crippen molar-refractivity contribution in [2.24, 2.45) is 17.3 Å². The minimum absolute atomic E-state index is 0.117. The van der Waals surface area contributed by atoms with Crippen molar-refractivity contribution in [2.75, 3.05) is 20.3 Å². The van der Waals surface area contributed by atoms with Crippen LogP contribution in [-0.4, -0.2) is 84.2 Å². The summed E-state index contributed by atoms with van der Waals surface area (Å²) in [6.45, 7) is 11.3. The van der Waals surface area contributed by atoms with E-state index in [2.05, 4.69) is 10.0 Å². The number of fused-ring (bicyclic) bond motifs is 5. The van der Waals surface area contributed by atoms with Gasteiger partial charge in [0.05, 0.1) is 42.6 Å². The second-order valence-corrected chi connectivity index (χ2v) is 21.5.